The molecule has 2 aliphatic rings. The van der Waals surface area contributed by atoms with Crippen LogP contribution in [0.2, 0.25) is 0 Å². The van der Waals surface area contributed by atoms with Crippen molar-refractivity contribution < 1.29 is 4.79 Å². The second-order valence-corrected chi connectivity index (χ2v) is 5.32. The highest BCUT2D eigenvalue weighted by Crippen LogP contribution is 2.21. The number of thioether (sulfide) groups is 1. The number of carbonyl (C=O) groups is 1. The smallest absolute Gasteiger partial charge is 0.176 e. The van der Waals surface area contributed by atoms with Gasteiger partial charge in [0.25, 0.3) is 0 Å². The maximum Gasteiger partial charge on any atom is 0.176 e. The van der Waals surface area contributed by atoms with E-state index < -0.39 is 0 Å². The van der Waals surface area contributed by atoms with Crippen molar-refractivity contribution in [2.24, 2.45) is 0 Å². The van der Waals surface area contributed by atoms with E-state index in [4.69, 9.17) is 0 Å². The zero-order chi connectivity index (χ0) is 13.6. The summed E-state index contributed by atoms with van der Waals surface area (Å²) in [6.45, 7) is 8.74. The third-order valence-corrected chi connectivity index (χ3v) is 3.73. The highest BCUT2D eigenvalue weighted by atomic mass is 32.2. The van der Waals surface area contributed by atoms with E-state index in [1.54, 1.807) is 0 Å². The van der Waals surface area contributed by atoms with Crippen molar-refractivity contribution in [3.8, 4) is 0 Å². The Hall–Kier alpha value is -0.320. The molecule has 0 aromatic rings. The summed E-state index contributed by atoms with van der Waals surface area (Å²) in [5, 5.41) is 3.84. The Morgan fingerprint density at radius 3 is 2.33 bits per heavy atom. The first kappa shape index (κ1) is 17.7. The van der Waals surface area contributed by atoms with E-state index in [1.165, 1.54) is 31.3 Å². The fourth-order valence-electron chi connectivity index (χ4n) is 1.74. The van der Waals surface area contributed by atoms with E-state index in [2.05, 4.69) is 29.4 Å². The van der Waals surface area contributed by atoms with Crippen LogP contribution < -0.4 is 5.32 Å². The molecule has 0 bridgehead atoms. The quantitative estimate of drug-likeness (QED) is 0.618. The Kier molecular flexibility index (Phi) is 12.9. The van der Waals surface area contributed by atoms with Gasteiger partial charge >= 0.3 is 0 Å². The summed E-state index contributed by atoms with van der Waals surface area (Å²) in [5.41, 5.74) is 0.948. The van der Waals surface area contributed by atoms with E-state index in [0.717, 1.165) is 31.5 Å². The van der Waals surface area contributed by atoms with Crippen LogP contribution in [0.4, 0.5) is 0 Å². The SMILES string of the molecule is CC.CN1CCNCC1.O=CS[C@H]1CC=CCC1. The van der Waals surface area contributed by atoms with Gasteiger partial charge < -0.3 is 10.2 Å². The van der Waals surface area contributed by atoms with Crippen LogP contribution in [0.15, 0.2) is 12.2 Å². The Balaban J connectivity index is 0.000000289. The summed E-state index contributed by atoms with van der Waals surface area (Å²) >= 11 is 1.42. The van der Waals surface area contributed by atoms with Gasteiger partial charge in [0.05, 0.1) is 0 Å². The lowest BCUT2D eigenvalue weighted by Gasteiger charge is -2.21. The number of hydrogen-bond acceptors (Lipinski definition) is 4. The molecule has 1 aliphatic heterocycles. The van der Waals surface area contributed by atoms with E-state index in [-0.39, 0.29) is 0 Å². The fraction of sp³-hybridized carbons (Fsp3) is 0.786. The minimum atomic E-state index is 0.562. The average Bonchev–Trinajstić information content (AvgIpc) is 2.44. The number of rotatable bonds is 2. The van der Waals surface area contributed by atoms with Crippen molar-refractivity contribution in [1.82, 2.24) is 10.2 Å². The molecular formula is C14H28N2OS. The highest BCUT2D eigenvalue weighted by molar-refractivity contribution is 8.12. The molecule has 4 heteroatoms. The molecule has 1 saturated heterocycles. The highest BCUT2D eigenvalue weighted by Gasteiger charge is 2.08. The first-order valence-corrected chi connectivity index (χ1v) is 7.90. The van der Waals surface area contributed by atoms with Crippen LogP contribution in [0.3, 0.4) is 0 Å². The predicted octanol–water partition coefficient (Wildman–Crippen LogP) is 2.57. The summed E-state index contributed by atoms with van der Waals surface area (Å²) in [6.07, 6.45) is 7.72. The van der Waals surface area contributed by atoms with Crippen molar-refractivity contribution in [1.29, 1.82) is 0 Å². The average molecular weight is 272 g/mol. The summed E-state index contributed by atoms with van der Waals surface area (Å²) in [4.78, 5) is 12.3. The van der Waals surface area contributed by atoms with E-state index in [1.807, 2.05) is 13.8 Å². The Morgan fingerprint density at radius 2 is 1.94 bits per heavy atom. The van der Waals surface area contributed by atoms with Gasteiger partial charge in [0.2, 0.25) is 0 Å². The molecule has 106 valence electrons. The van der Waals surface area contributed by atoms with Crippen LogP contribution in [0.1, 0.15) is 33.1 Å². The molecule has 2 rings (SSSR count). The predicted molar refractivity (Wildman–Crippen MR) is 82.8 cm³/mol. The molecule has 0 amide bonds. The van der Waals surface area contributed by atoms with Crippen LogP contribution in [0.5, 0.6) is 0 Å². The molecule has 1 aliphatic carbocycles. The maximum atomic E-state index is 10.0. The zero-order valence-corrected chi connectivity index (χ0v) is 12.8. The van der Waals surface area contributed by atoms with Crippen LogP contribution in [0, 0.1) is 0 Å². The summed E-state index contributed by atoms with van der Waals surface area (Å²) in [7, 11) is 2.15. The Morgan fingerprint density at radius 1 is 1.28 bits per heavy atom. The molecule has 18 heavy (non-hydrogen) atoms. The van der Waals surface area contributed by atoms with E-state index in [0.29, 0.717) is 5.25 Å². The number of nitrogens with one attached hydrogen (secondary N) is 1. The number of allylic oxidation sites excluding steroid dienone is 2. The number of hydrogen-bond donors (Lipinski definition) is 1. The normalized spacial score (nSPS) is 23.2. The summed E-state index contributed by atoms with van der Waals surface area (Å²) in [5.74, 6) is 0. The third-order valence-electron chi connectivity index (χ3n) is 2.81. The topological polar surface area (TPSA) is 32.3 Å². The largest absolute Gasteiger partial charge is 0.314 e. The van der Waals surface area contributed by atoms with E-state index >= 15 is 0 Å². The second-order valence-electron chi connectivity index (χ2n) is 4.19. The fourth-order valence-corrected chi connectivity index (χ4v) is 2.40. The van der Waals surface area contributed by atoms with Crippen molar-refractivity contribution in [3.05, 3.63) is 12.2 Å². The monoisotopic (exact) mass is 272 g/mol. The van der Waals surface area contributed by atoms with Gasteiger partial charge in [-0.05, 0) is 26.3 Å². The van der Waals surface area contributed by atoms with Gasteiger partial charge in [-0.3, -0.25) is 4.79 Å². The van der Waals surface area contributed by atoms with Crippen LogP contribution in [0.25, 0.3) is 0 Å². The Labute approximate surface area is 116 Å². The van der Waals surface area contributed by atoms with Crippen molar-refractivity contribution in [3.63, 3.8) is 0 Å². The second kappa shape index (κ2) is 13.1. The molecule has 0 spiro atoms. The minimum absolute atomic E-state index is 0.562. The number of likely N-dealkylation sites (N-methyl/N-ethyl adjacent to an activating group) is 1. The number of piperazine rings is 1. The van der Waals surface area contributed by atoms with Crippen molar-refractivity contribution >= 4 is 17.4 Å². The molecule has 1 N–H and O–H groups in total. The third kappa shape index (κ3) is 9.68. The molecular weight excluding hydrogens is 244 g/mol. The maximum absolute atomic E-state index is 10.0. The summed E-state index contributed by atoms with van der Waals surface area (Å²) < 4.78 is 0. The van der Waals surface area contributed by atoms with Gasteiger partial charge in [-0.1, -0.05) is 37.8 Å². The molecule has 0 aromatic carbocycles. The van der Waals surface area contributed by atoms with Gasteiger partial charge in [0, 0.05) is 31.4 Å². The summed E-state index contributed by atoms with van der Waals surface area (Å²) in [6, 6.07) is 0. The van der Waals surface area contributed by atoms with Gasteiger partial charge in [-0.15, -0.1) is 0 Å². The molecule has 0 aromatic heterocycles. The number of carbonyl (C=O) groups excluding carboxylic acids is 1. The van der Waals surface area contributed by atoms with E-state index in [9.17, 15) is 4.79 Å². The number of nitrogens with zero attached hydrogens (tertiary/aromatic N) is 1. The lowest BCUT2D eigenvalue weighted by Crippen LogP contribution is -2.40. The van der Waals surface area contributed by atoms with Crippen LogP contribution in [-0.4, -0.2) is 49.0 Å². The molecule has 0 saturated carbocycles. The lowest BCUT2D eigenvalue weighted by molar-refractivity contribution is 0.291. The van der Waals surface area contributed by atoms with Crippen LogP contribution in [-0.2, 0) is 4.79 Å². The first-order chi connectivity index (χ1) is 8.83. The molecule has 1 fully saturated rings. The molecule has 0 radical (unpaired) electrons. The standard InChI is InChI=1S/C7H10OS.C5H12N2.C2H6/c8-6-9-7-4-2-1-3-5-7;1-7-4-2-6-3-5-7;1-2/h1-2,6-7H,3-5H2;6H,2-5H2,1H3;1-2H3/t7-;;/m0../s1. The zero-order valence-electron chi connectivity index (χ0n) is 12.0. The lowest BCUT2D eigenvalue weighted by atomic mass is 10.1. The molecule has 3 nitrogen and oxygen atoms in total. The van der Waals surface area contributed by atoms with Gasteiger partial charge in [-0.25, -0.2) is 0 Å². The molecule has 1 heterocycles. The minimum Gasteiger partial charge on any atom is -0.314 e. The van der Waals surface area contributed by atoms with Gasteiger partial charge in [0.15, 0.2) is 5.62 Å². The van der Waals surface area contributed by atoms with Crippen LogP contribution >= 0.6 is 11.8 Å². The Bertz CT molecular complexity index is 216. The molecule has 1 atom stereocenters. The van der Waals surface area contributed by atoms with Crippen molar-refractivity contribution in [2.45, 2.75) is 38.4 Å². The van der Waals surface area contributed by atoms with Crippen molar-refractivity contribution in [2.75, 3.05) is 33.2 Å². The first-order valence-electron chi connectivity index (χ1n) is 6.96. The van der Waals surface area contributed by atoms with Gasteiger partial charge in [-0.2, -0.15) is 0 Å². The van der Waals surface area contributed by atoms with Gasteiger partial charge in [0.1, 0.15) is 0 Å². The molecule has 0 unspecified atom stereocenters.